The number of aromatic nitrogens is 1. The van der Waals surface area contributed by atoms with Crippen molar-refractivity contribution in [1.29, 1.82) is 0 Å². The molecule has 0 unspecified atom stereocenters. The van der Waals surface area contributed by atoms with Crippen molar-refractivity contribution in [2.24, 2.45) is 0 Å². The van der Waals surface area contributed by atoms with E-state index in [0.29, 0.717) is 0 Å². The van der Waals surface area contributed by atoms with Gasteiger partial charge in [0.15, 0.2) is 0 Å². The summed E-state index contributed by atoms with van der Waals surface area (Å²) < 4.78 is 0. The minimum atomic E-state index is 0.954. The second kappa shape index (κ2) is 6.41. The van der Waals surface area contributed by atoms with E-state index in [4.69, 9.17) is 4.98 Å². The Morgan fingerprint density at radius 2 is 1.90 bits per heavy atom. The lowest BCUT2D eigenvalue weighted by Gasteiger charge is -2.32. The number of piperazine rings is 1. The number of para-hydroxylation sites is 1. The number of benzene rings is 1. The lowest BCUT2D eigenvalue weighted by Crippen LogP contribution is -2.45. The van der Waals surface area contributed by atoms with E-state index < -0.39 is 0 Å². The van der Waals surface area contributed by atoms with Gasteiger partial charge in [-0.3, -0.25) is 4.90 Å². The second-order valence-electron chi connectivity index (χ2n) is 5.92. The molecule has 1 aliphatic rings. The van der Waals surface area contributed by atoms with E-state index in [2.05, 4.69) is 53.4 Å². The predicted octanol–water partition coefficient (Wildman–Crippen LogP) is 2.20. The molecule has 0 aliphatic carbocycles. The van der Waals surface area contributed by atoms with Crippen LogP contribution in [0.25, 0.3) is 10.9 Å². The van der Waals surface area contributed by atoms with Crippen LogP contribution in [0.5, 0.6) is 0 Å². The number of nitrogens with zero attached hydrogens (tertiary/aromatic N) is 3. The van der Waals surface area contributed by atoms with Crippen LogP contribution in [-0.2, 0) is 0 Å². The molecule has 0 atom stereocenters. The van der Waals surface area contributed by atoms with Gasteiger partial charge in [-0.1, -0.05) is 18.2 Å². The van der Waals surface area contributed by atoms with Gasteiger partial charge in [0.05, 0.1) is 5.52 Å². The van der Waals surface area contributed by atoms with E-state index >= 15 is 0 Å². The average Bonchev–Trinajstić information content (AvgIpc) is 2.50. The molecule has 0 spiro atoms. The number of likely N-dealkylation sites (N-methyl/N-ethyl adjacent to an activating group) is 1. The molecule has 0 radical (unpaired) electrons. The van der Waals surface area contributed by atoms with Gasteiger partial charge < -0.3 is 10.2 Å². The smallest absolute Gasteiger partial charge is 0.129 e. The number of aryl methyl sites for hydroxylation is 1. The van der Waals surface area contributed by atoms with Crippen molar-refractivity contribution in [1.82, 2.24) is 14.8 Å². The molecule has 0 amide bonds. The molecule has 1 saturated heterocycles. The van der Waals surface area contributed by atoms with E-state index in [1.807, 2.05) is 6.07 Å². The molecule has 2 aromatic rings. The quantitative estimate of drug-likeness (QED) is 0.932. The van der Waals surface area contributed by atoms with Crippen molar-refractivity contribution in [3.63, 3.8) is 0 Å². The molecule has 1 aliphatic heterocycles. The standard InChI is InChI=1S/C17H24N4/c1-14-13-15-5-3-4-6-16(15)19-17(14)18-7-8-21-11-9-20(2)10-12-21/h3-6,13H,7-12H2,1-2H3,(H,18,19). The topological polar surface area (TPSA) is 31.4 Å². The Kier molecular flexibility index (Phi) is 4.36. The van der Waals surface area contributed by atoms with E-state index in [9.17, 15) is 0 Å². The minimum absolute atomic E-state index is 0.954. The SMILES string of the molecule is Cc1cc2ccccc2nc1NCCN1CCN(C)CC1. The van der Waals surface area contributed by atoms with Gasteiger partial charge in [-0.15, -0.1) is 0 Å². The molecule has 1 aromatic carbocycles. The number of fused-ring (bicyclic) bond motifs is 1. The Bertz CT molecular complexity index is 603. The van der Waals surface area contributed by atoms with Gasteiger partial charge in [0.2, 0.25) is 0 Å². The molecular weight excluding hydrogens is 260 g/mol. The summed E-state index contributed by atoms with van der Waals surface area (Å²) >= 11 is 0. The van der Waals surface area contributed by atoms with Gasteiger partial charge in [0.25, 0.3) is 0 Å². The van der Waals surface area contributed by atoms with Gasteiger partial charge in [0.1, 0.15) is 5.82 Å². The van der Waals surface area contributed by atoms with Crippen LogP contribution >= 0.6 is 0 Å². The van der Waals surface area contributed by atoms with Crippen LogP contribution in [-0.4, -0.2) is 61.1 Å². The van der Waals surface area contributed by atoms with Crippen molar-refractivity contribution in [2.45, 2.75) is 6.92 Å². The van der Waals surface area contributed by atoms with Crippen LogP contribution in [0.15, 0.2) is 30.3 Å². The Morgan fingerprint density at radius 3 is 2.71 bits per heavy atom. The van der Waals surface area contributed by atoms with E-state index in [1.165, 1.54) is 37.1 Å². The summed E-state index contributed by atoms with van der Waals surface area (Å²) in [6, 6.07) is 10.5. The molecule has 1 N–H and O–H groups in total. The first-order valence-electron chi connectivity index (χ1n) is 7.73. The molecule has 4 heteroatoms. The number of hydrogen-bond donors (Lipinski definition) is 1. The Balaban J connectivity index is 1.59. The second-order valence-corrected chi connectivity index (χ2v) is 5.92. The lowest BCUT2D eigenvalue weighted by molar-refractivity contribution is 0.158. The Morgan fingerprint density at radius 1 is 1.14 bits per heavy atom. The number of pyridine rings is 1. The fraction of sp³-hybridized carbons (Fsp3) is 0.471. The maximum Gasteiger partial charge on any atom is 0.129 e. The highest BCUT2D eigenvalue weighted by atomic mass is 15.2. The maximum atomic E-state index is 4.73. The van der Waals surface area contributed by atoms with Crippen molar-refractivity contribution in [2.75, 3.05) is 51.6 Å². The molecule has 4 nitrogen and oxygen atoms in total. The van der Waals surface area contributed by atoms with Gasteiger partial charge in [-0.2, -0.15) is 0 Å². The zero-order valence-electron chi connectivity index (χ0n) is 13.0. The summed E-state index contributed by atoms with van der Waals surface area (Å²) in [5, 5.41) is 4.71. The van der Waals surface area contributed by atoms with E-state index in [1.54, 1.807) is 0 Å². The third-order valence-corrected chi connectivity index (χ3v) is 4.23. The zero-order chi connectivity index (χ0) is 14.7. The molecule has 3 rings (SSSR count). The van der Waals surface area contributed by atoms with E-state index in [0.717, 1.165) is 24.4 Å². The highest BCUT2D eigenvalue weighted by molar-refractivity contribution is 5.81. The molecule has 0 bridgehead atoms. The molecule has 1 aromatic heterocycles. The van der Waals surface area contributed by atoms with Crippen LogP contribution in [0.1, 0.15) is 5.56 Å². The summed E-state index contributed by atoms with van der Waals surface area (Å²) in [5.41, 5.74) is 2.28. The fourth-order valence-corrected chi connectivity index (χ4v) is 2.80. The van der Waals surface area contributed by atoms with Crippen LogP contribution in [0.3, 0.4) is 0 Å². The molecule has 1 fully saturated rings. The first-order chi connectivity index (χ1) is 10.2. The summed E-state index contributed by atoms with van der Waals surface area (Å²) in [6.45, 7) is 8.85. The van der Waals surface area contributed by atoms with Gasteiger partial charge >= 0.3 is 0 Å². The highest BCUT2D eigenvalue weighted by Gasteiger charge is 2.13. The van der Waals surface area contributed by atoms with Crippen LogP contribution < -0.4 is 5.32 Å². The first-order valence-corrected chi connectivity index (χ1v) is 7.73. The number of anilines is 1. The van der Waals surface area contributed by atoms with Crippen LogP contribution in [0.2, 0.25) is 0 Å². The van der Waals surface area contributed by atoms with Crippen molar-refractivity contribution in [3.05, 3.63) is 35.9 Å². The van der Waals surface area contributed by atoms with Crippen molar-refractivity contribution >= 4 is 16.7 Å². The molecular formula is C17H24N4. The third-order valence-electron chi connectivity index (χ3n) is 4.23. The lowest BCUT2D eigenvalue weighted by atomic mass is 10.1. The summed E-state index contributed by atoms with van der Waals surface area (Å²) in [6.07, 6.45) is 0. The van der Waals surface area contributed by atoms with Crippen LogP contribution in [0.4, 0.5) is 5.82 Å². The minimum Gasteiger partial charge on any atom is -0.369 e. The third kappa shape index (κ3) is 3.52. The highest BCUT2D eigenvalue weighted by Crippen LogP contribution is 2.19. The maximum absolute atomic E-state index is 4.73. The summed E-state index contributed by atoms with van der Waals surface area (Å²) in [4.78, 5) is 9.64. The number of hydrogen-bond acceptors (Lipinski definition) is 4. The van der Waals surface area contributed by atoms with Crippen molar-refractivity contribution < 1.29 is 0 Å². The summed E-state index contributed by atoms with van der Waals surface area (Å²) in [5.74, 6) is 1.02. The molecule has 112 valence electrons. The molecule has 2 heterocycles. The van der Waals surface area contributed by atoms with Gasteiger partial charge in [0, 0.05) is 44.7 Å². The molecule has 0 saturated carbocycles. The first kappa shape index (κ1) is 14.3. The zero-order valence-corrected chi connectivity index (χ0v) is 13.0. The normalized spacial score (nSPS) is 17.2. The van der Waals surface area contributed by atoms with Gasteiger partial charge in [-0.25, -0.2) is 4.98 Å². The van der Waals surface area contributed by atoms with Crippen molar-refractivity contribution in [3.8, 4) is 0 Å². The number of nitrogens with one attached hydrogen (secondary N) is 1. The predicted molar refractivity (Wildman–Crippen MR) is 88.9 cm³/mol. The van der Waals surface area contributed by atoms with Crippen LogP contribution in [0, 0.1) is 6.92 Å². The van der Waals surface area contributed by atoms with Gasteiger partial charge in [-0.05, 0) is 31.7 Å². The fourth-order valence-electron chi connectivity index (χ4n) is 2.80. The molecule has 21 heavy (non-hydrogen) atoms. The summed E-state index contributed by atoms with van der Waals surface area (Å²) in [7, 11) is 2.19. The monoisotopic (exact) mass is 284 g/mol. The Hall–Kier alpha value is -1.65. The number of rotatable bonds is 4. The Labute approximate surface area is 126 Å². The van der Waals surface area contributed by atoms with E-state index in [-0.39, 0.29) is 0 Å². The average molecular weight is 284 g/mol. The largest absolute Gasteiger partial charge is 0.369 e.